The van der Waals surface area contributed by atoms with Gasteiger partial charge in [-0.2, -0.15) is 5.10 Å². The number of pyridine rings is 1. The smallest absolute Gasteiger partial charge is 0.228 e. The number of anilines is 1. The van der Waals surface area contributed by atoms with Crippen LogP contribution in [-0.4, -0.2) is 26.7 Å². The lowest BCUT2D eigenvalue weighted by Gasteiger charge is -2.26. The third-order valence-corrected chi connectivity index (χ3v) is 5.31. The zero-order valence-electron chi connectivity index (χ0n) is 13.0. The summed E-state index contributed by atoms with van der Waals surface area (Å²) in [6.45, 7) is 0. The van der Waals surface area contributed by atoms with Crippen molar-refractivity contribution in [3.8, 4) is 5.69 Å². The summed E-state index contributed by atoms with van der Waals surface area (Å²) in [7, 11) is 0. The zero-order valence-corrected chi connectivity index (χ0v) is 13.0. The highest BCUT2D eigenvalue weighted by Gasteiger charge is 2.58. The Balaban J connectivity index is 1.40. The molecule has 0 saturated heterocycles. The molecule has 1 unspecified atom stereocenters. The van der Waals surface area contributed by atoms with E-state index in [9.17, 15) is 4.79 Å². The molecule has 2 heterocycles. The van der Waals surface area contributed by atoms with Gasteiger partial charge in [0, 0.05) is 24.4 Å². The molecule has 0 aromatic carbocycles. The number of hydrogen-bond donors (Lipinski definition) is 2. The van der Waals surface area contributed by atoms with Crippen LogP contribution in [0.15, 0.2) is 36.9 Å². The van der Waals surface area contributed by atoms with Gasteiger partial charge in [-0.05, 0) is 49.7 Å². The van der Waals surface area contributed by atoms with Crippen molar-refractivity contribution in [1.29, 1.82) is 0 Å². The Labute approximate surface area is 135 Å². The lowest BCUT2D eigenvalue weighted by molar-refractivity contribution is -0.118. The van der Waals surface area contributed by atoms with E-state index in [1.54, 1.807) is 23.3 Å². The van der Waals surface area contributed by atoms with Crippen molar-refractivity contribution in [2.75, 3.05) is 5.32 Å². The average Bonchev–Trinajstić information content (AvgIpc) is 3.08. The first kappa shape index (κ1) is 14.4. The van der Waals surface area contributed by atoms with Gasteiger partial charge in [-0.15, -0.1) is 0 Å². The van der Waals surface area contributed by atoms with Crippen molar-refractivity contribution in [3.63, 3.8) is 0 Å². The predicted molar refractivity (Wildman–Crippen MR) is 87.0 cm³/mol. The normalized spacial score (nSPS) is 29.4. The number of carbonyl (C=O) groups excluding carboxylic acids is 1. The van der Waals surface area contributed by atoms with Crippen molar-refractivity contribution < 1.29 is 4.79 Å². The summed E-state index contributed by atoms with van der Waals surface area (Å²) in [5.41, 5.74) is 7.85. The molecule has 6 heteroatoms. The number of nitrogens with one attached hydrogen (secondary N) is 1. The standard InChI is InChI=1S/C17H21N5O/c18-12-1-5-17(6-2-12)9-15(17)16(23)21-13-10-20-22(11-13)14-3-7-19-8-4-14/h3-4,7-8,10-12,15H,1-2,5-6,9,18H2,(H,21,23). The van der Waals surface area contributed by atoms with Gasteiger partial charge in [0.05, 0.1) is 23.8 Å². The molecule has 2 aromatic heterocycles. The fraction of sp³-hybridized carbons (Fsp3) is 0.471. The quantitative estimate of drug-likeness (QED) is 0.909. The summed E-state index contributed by atoms with van der Waals surface area (Å²) < 4.78 is 1.74. The third kappa shape index (κ3) is 2.74. The number of hydrogen-bond acceptors (Lipinski definition) is 4. The number of rotatable bonds is 3. The van der Waals surface area contributed by atoms with E-state index in [0.29, 0.717) is 6.04 Å². The highest BCUT2D eigenvalue weighted by molar-refractivity contribution is 5.94. The Kier molecular flexibility index (Phi) is 3.41. The zero-order chi connectivity index (χ0) is 15.9. The molecule has 2 aromatic rings. The second-order valence-electron chi connectivity index (χ2n) is 6.82. The number of carbonyl (C=O) groups is 1. The Morgan fingerprint density at radius 3 is 2.78 bits per heavy atom. The molecule has 3 N–H and O–H groups in total. The van der Waals surface area contributed by atoms with Crippen LogP contribution < -0.4 is 11.1 Å². The second-order valence-corrected chi connectivity index (χ2v) is 6.82. The molecule has 1 amide bonds. The van der Waals surface area contributed by atoms with Gasteiger partial charge in [0.2, 0.25) is 5.91 Å². The van der Waals surface area contributed by atoms with E-state index < -0.39 is 0 Å². The van der Waals surface area contributed by atoms with E-state index in [-0.39, 0.29) is 17.2 Å². The van der Waals surface area contributed by atoms with Gasteiger partial charge in [0.25, 0.3) is 0 Å². The summed E-state index contributed by atoms with van der Waals surface area (Å²) in [5, 5.41) is 7.30. The van der Waals surface area contributed by atoms with Crippen LogP contribution in [0, 0.1) is 11.3 Å². The van der Waals surface area contributed by atoms with Crippen molar-refractivity contribution >= 4 is 11.6 Å². The van der Waals surface area contributed by atoms with E-state index in [2.05, 4.69) is 15.4 Å². The van der Waals surface area contributed by atoms with Crippen LogP contribution in [0.2, 0.25) is 0 Å². The maximum absolute atomic E-state index is 12.5. The van der Waals surface area contributed by atoms with Crippen LogP contribution in [0.4, 0.5) is 5.69 Å². The monoisotopic (exact) mass is 311 g/mol. The van der Waals surface area contributed by atoms with Crippen LogP contribution in [-0.2, 0) is 4.79 Å². The van der Waals surface area contributed by atoms with Crippen molar-refractivity contribution in [2.24, 2.45) is 17.1 Å². The predicted octanol–water partition coefficient (Wildman–Crippen LogP) is 2.11. The van der Waals surface area contributed by atoms with E-state index in [4.69, 9.17) is 5.73 Å². The van der Waals surface area contributed by atoms with E-state index in [0.717, 1.165) is 43.5 Å². The van der Waals surface area contributed by atoms with E-state index in [1.807, 2.05) is 18.3 Å². The third-order valence-electron chi connectivity index (χ3n) is 5.31. The first-order chi connectivity index (χ1) is 11.2. The van der Waals surface area contributed by atoms with Crippen LogP contribution in [0.1, 0.15) is 32.1 Å². The average molecular weight is 311 g/mol. The lowest BCUT2D eigenvalue weighted by Crippen LogP contribution is -2.29. The molecule has 1 spiro atoms. The van der Waals surface area contributed by atoms with Crippen molar-refractivity contribution in [1.82, 2.24) is 14.8 Å². The van der Waals surface area contributed by atoms with E-state index in [1.165, 1.54) is 0 Å². The minimum Gasteiger partial charge on any atom is -0.328 e. The van der Waals surface area contributed by atoms with Gasteiger partial charge in [-0.3, -0.25) is 9.78 Å². The molecule has 6 nitrogen and oxygen atoms in total. The number of nitrogens with zero attached hydrogens (tertiary/aromatic N) is 3. The van der Waals surface area contributed by atoms with Gasteiger partial charge >= 0.3 is 0 Å². The molecule has 0 radical (unpaired) electrons. The Hall–Kier alpha value is -2.21. The minimum atomic E-state index is 0.120. The van der Waals surface area contributed by atoms with Gasteiger partial charge in [-0.25, -0.2) is 4.68 Å². The highest BCUT2D eigenvalue weighted by atomic mass is 16.2. The fourth-order valence-electron chi connectivity index (χ4n) is 3.74. The minimum absolute atomic E-state index is 0.120. The molecule has 0 aliphatic heterocycles. The molecule has 2 aliphatic rings. The van der Waals surface area contributed by atoms with Crippen LogP contribution in [0.3, 0.4) is 0 Å². The maximum atomic E-state index is 12.5. The summed E-state index contributed by atoms with van der Waals surface area (Å²) in [6.07, 6.45) is 12.2. The Morgan fingerprint density at radius 1 is 1.30 bits per heavy atom. The Morgan fingerprint density at radius 2 is 2.04 bits per heavy atom. The topological polar surface area (TPSA) is 85.8 Å². The largest absolute Gasteiger partial charge is 0.328 e. The van der Waals surface area contributed by atoms with Gasteiger partial charge in [0.15, 0.2) is 0 Å². The Bertz CT molecular complexity index is 703. The second kappa shape index (κ2) is 5.45. The molecule has 4 rings (SSSR count). The van der Waals surface area contributed by atoms with Gasteiger partial charge < -0.3 is 11.1 Å². The molecule has 2 aliphatic carbocycles. The highest BCUT2D eigenvalue weighted by Crippen LogP contribution is 2.61. The summed E-state index contributed by atoms with van der Waals surface area (Å²) >= 11 is 0. The van der Waals surface area contributed by atoms with Crippen molar-refractivity contribution in [2.45, 2.75) is 38.1 Å². The van der Waals surface area contributed by atoms with Gasteiger partial charge in [-0.1, -0.05) is 0 Å². The molecule has 1 atom stereocenters. The van der Waals surface area contributed by atoms with Gasteiger partial charge in [0.1, 0.15) is 0 Å². The molecule has 2 fully saturated rings. The molecular formula is C17H21N5O. The molecule has 23 heavy (non-hydrogen) atoms. The molecule has 120 valence electrons. The molecule has 2 saturated carbocycles. The molecule has 0 bridgehead atoms. The van der Waals surface area contributed by atoms with Crippen LogP contribution >= 0.6 is 0 Å². The summed E-state index contributed by atoms with van der Waals surface area (Å²) in [4.78, 5) is 16.5. The van der Waals surface area contributed by atoms with Crippen molar-refractivity contribution in [3.05, 3.63) is 36.9 Å². The number of amides is 1. The SMILES string of the molecule is NC1CCC2(CC1)CC2C(=O)Nc1cnn(-c2ccncc2)c1. The lowest BCUT2D eigenvalue weighted by atomic mass is 9.82. The first-order valence-corrected chi connectivity index (χ1v) is 8.18. The van der Waals surface area contributed by atoms with E-state index >= 15 is 0 Å². The maximum Gasteiger partial charge on any atom is 0.228 e. The number of aromatic nitrogens is 3. The summed E-state index contributed by atoms with van der Waals surface area (Å²) in [6, 6.07) is 4.07. The fourth-order valence-corrected chi connectivity index (χ4v) is 3.74. The molecular weight excluding hydrogens is 290 g/mol. The van der Waals surface area contributed by atoms with Crippen LogP contribution in [0.25, 0.3) is 5.69 Å². The summed E-state index contributed by atoms with van der Waals surface area (Å²) in [5.74, 6) is 0.258. The first-order valence-electron chi connectivity index (χ1n) is 8.18. The van der Waals surface area contributed by atoms with Crippen LogP contribution in [0.5, 0.6) is 0 Å². The number of nitrogens with two attached hydrogens (primary N) is 1.